The molecule has 0 aliphatic heterocycles. The molecule has 2 N–H and O–H groups in total. The standard InChI is InChI=1S/C35H37ClN4O3Si/c1-6-37-34(42)38-25-15-13-16-26(23-25)40-32(39-30-22-14-21-29(36)31(30)33(40)41)24(2)43-44(35(3,4)5,27-17-9-7-10-18-27)28-19-11-8-12-20-28/h7-24H,6H2,1-5H3,(H2,37,38,42). The summed E-state index contributed by atoms with van der Waals surface area (Å²) in [6, 6.07) is 32.8. The van der Waals surface area contributed by atoms with Gasteiger partial charge in [0, 0.05) is 12.2 Å². The maximum Gasteiger partial charge on any atom is 0.319 e. The van der Waals surface area contributed by atoms with Gasteiger partial charge in [0.15, 0.2) is 0 Å². The Balaban J connectivity index is 1.74. The van der Waals surface area contributed by atoms with Crippen LogP contribution in [0.3, 0.4) is 0 Å². The van der Waals surface area contributed by atoms with Gasteiger partial charge in [0.2, 0.25) is 0 Å². The van der Waals surface area contributed by atoms with Gasteiger partial charge >= 0.3 is 6.03 Å². The van der Waals surface area contributed by atoms with Gasteiger partial charge in [0.1, 0.15) is 11.9 Å². The highest BCUT2D eigenvalue weighted by Crippen LogP contribution is 2.40. The molecule has 5 aromatic rings. The SMILES string of the molecule is CCNC(=O)Nc1cccc(-n2c(C(C)O[Si](c3ccccc3)(c3ccccc3)C(C)(C)C)nc3cccc(Cl)c3c2=O)c1. The predicted molar refractivity (Wildman–Crippen MR) is 182 cm³/mol. The van der Waals surface area contributed by atoms with Gasteiger partial charge in [-0.15, -0.1) is 0 Å². The number of amides is 2. The molecule has 226 valence electrons. The Morgan fingerprint density at radius 3 is 2.14 bits per heavy atom. The molecular weight excluding hydrogens is 588 g/mol. The molecule has 0 aliphatic carbocycles. The van der Waals surface area contributed by atoms with Gasteiger partial charge in [0.05, 0.1) is 21.6 Å². The lowest BCUT2D eigenvalue weighted by molar-refractivity contribution is 0.198. The molecule has 0 fully saturated rings. The van der Waals surface area contributed by atoms with Crippen LogP contribution in [0, 0.1) is 0 Å². The largest absolute Gasteiger partial charge is 0.398 e. The van der Waals surface area contributed by atoms with Crippen LogP contribution in [-0.2, 0) is 4.43 Å². The van der Waals surface area contributed by atoms with E-state index in [1.54, 1.807) is 41.0 Å². The quantitative estimate of drug-likeness (QED) is 0.186. The smallest absolute Gasteiger partial charge is 0.319 e. The third kappa shape index (κ3) is 5.93. The van der Waals surface area contributed by atoms with Crippen LogP contribution in [0.4, 0.5) is 10.5 Å². The normalized spacial score (nSPS) is 12.6. The van der Waals surface area contributed by atoms with Crippen LogP contribution >= 0.6 is 11.6 Å². The van der Waals surface area contributed by atoms with Gasteiger partial charge in [-0.3, -0.25) is 9.36 Å². The fraction of sp³-hybridized carbons (Fsp3) is 0.229. The maximum atomic E-state index is 14.3. The van der Waals surface area contributed by atoms with Crippen molar-refractivity contribution in [2.45, 2.75) is 45.8 Å². The molecule has 0 saturated carbocycles. The predicted octanol–water partition coefficient (Wildman–Crippen LogP) is 6.82. The first-order valence-electron chi connectivity index (χ1n) is 14.7. The van der Waals surface area contributed by atoms with Crippen molar-refractivity contribution in [3.63, 3.8) is 0 Å². The second-order valence-corrected chi connectivity index (χ2v) is 16.4. The molecule has 0 spiro atoms. The summed E-state index contributed by atoms with van der Waals surface area (Å²) < 4.78 is 8.94. The first kappa shape index (κ1) is 31.2. The summed E-state index contributed by atoms with van der Waals surface area (Å²) in [5, 5.41) is 8.16. The highest BCUT2D eigenvalue weighted by Gasteiger charge is 2.51. The van der Waals surface area contributed by atoms with E-state index in [4.69, 9.17) is 21.0 Å². The van der Waals surface area contributed by atoms with Gasteiger partial charge in [-0.1, -0.05) is 105 Å². The first-order chi connectivity index (χ1) is 21.1. The van der Waals surface area contributed by atoms with Crippen LogP contribution in [0.5, 0.6) is 0 Å². The molecule has 1 heterocycles. The van der Waals surface area contributed by atoms with E-state index in [0.717, 1.165) is 10.4 Å². The number of hydrogen-bond donors (Lipinski definition) is 2. The molecule has 5 rings (SSSR count). The molecule has 0 bridgehead atoms. The lowest BCUT2D eigenvalue weighted by Crippen LogP contribution is -2.66. The third-order valence-corrected chi connectivity index (χ3v) is 13.1. The molecule has 0 radical (unpaired) electrons. The Hall–Kier alpha value is -4.24. The fourth-order valence-electron chi connectivity index (χ4n) is 5.80. The molecule has 4 aromatic carbocycles. The number of halogens is 1. The molecule has 0 saturated heterocycles. The van der Waals surface area contributed by atoms with E-state index in [1.165, 1.54) is 0 Å². The minimum Gasteiger partial charge on any atom is -0.398 e. The van der Waals surface area contributed by atoms with Crippen LogP contribution in [0.25, 0.3) is 16.6 Å². The van der Waals surface area contributed by atoms with Crippen molar-refractivity contribution in [1.29, 1.82) is 0 Å². The number of fused-ring (bicyclic) bond motifs is 1. The minimum absolute atomic E-state index is 0.286. The second-order valence-electron chi connectivity index (χ2n) is 11.7. The van der Waals surface area contributed by atoms with Crippen LogP contribution < -0.4 is 26.6 Å². The summed E-state index contributed by atoms with van der Waals surface area (Å²) in [6.07, 6.45) is -0.614. The van der Waals surface area contributed by atoms with Crippen LogP contribution in [-0.4, -0.2) is 30.4 Å². The van der Waals surface area contributed by atoms with E-state index in [2.05, 4.69) is 55.7 Å². The number of nitrogens with zero attached hydrogens (tertiary/aromatic N) is 2. The van der Waals surface area contributed by atoms with Gasteiger partial charge in [-0.25, -0.2) is 9.78 Å². The molecule has 7 nitrogen and oxygen atoms in total. The van der Waals surface area contributed by atoms with Gasteiger partial charge in [0.25, 0.3) is 13.9 Å². The van der Waals surface area contributed by atoms with Gasteiger partial charge in [-0.2, -0.15) is 0 Å². The summed E-state index contributed by atoms with van der Waals surface area (Å²) in [7, 11) is -3.00. The van der Waals surface area contributed by atoms with E-state index < -0.39 is 14.4 Å². The number of anilines is 1. The summed E-state index contributed by atoms with van der Waals surface area (Å²) in [5.41, 5.74) is 1.24. The van der Waals surface area contributed by atoms with Crippen molar-refractivity contribution in [2.24, 2.45) is 0 Å². The van der Waals surface area contributed by atoms with Gasteiger partial charge < -0.3 is 15.1 Å². The second kappa shape index (κ2) is 12.8. The van der Waals surface area contributed by atoms with E-state index >= 15 is 0 Å². The number of urea groups is 1. The lowest BCUT2D eigenvalue weighted by Gasteiger charge is -2.44. The molecule has 0 aliphatic rings. The molecule has 1 atom stereocenters. The van der Waals surface area contributed by atoms with E-state index in [1.807, 2.05) is 56.3 Å². The monoisotopic (exact) mass is 624 g/mol. The van der Waals surface area contributed by atoms with E-state index in [-0.39, 0.29) is 16.6 Å². The number of carbonyl (C=O) groups is 1. The van der Waals surface area contributed by atoms with Crippen LogP contribution in [0.15, 0.2) is 108 Å². The Morgan fingerprint density at radius 1 is 0.932 bits per heavy atom. The first-order valence-corrected chi connectivity index (χ1v) is 17.0. The van der Waals surface area contributed by atoms with Crippen molar-refractivity contribution in [3.05, 3.63) is 124 Å². The average molecular weight is 625 g/mol. The molecule has 1 aromatic heterocycles. The molecule has 2 amide bonds. The third-order valence-electron chi connectivity index (χ3n) is 7.71. The zero-order chi connectivity index (χ0) is 31.5. The van der Waals surface area contributed by atoms with E-state index in [0.29, 0.717) is 39.7 Å². The minimum atomic E-state index is -3.00. The topological polar surface area (TPSA) is 85.2 Å². The highest BCUT2D eigenvalue weighted by atomic mass is 35.5. The zero-order valence-corrected chi connectivity index (χ0v) is 27.4. The number of benzene rings is 4. The Labute approximate surface area is 264 Å². The maximum absolute atomic E-state index is 14.3. The molecule has 9 heteroatoms. The van der Waals surface area contributed by atoms with Gasteiger partial charge in [-0.05, 0) is 59.6 Å². The van der Waals surface area contributed by atoms with Crippen molar-refractivity contribution in [3.8, 4) is 5.69 Å². The number of nitrogens with one attached hydrogen (secondary N) is 2. The Morgan fingerprint density at radius 2 is 1.55 bits per heavy atom. The Kier molecular flexibility index (Phi) is 9.06. The lowest BCUT2D eigenvalue weighted by atomic mass is 10.2. The fourth-order valence-corrected chi connectivity index (χ4v) is 10.7. The number of rotatable bonds is 8. The number of carbonyl (C=O) groups excluding carboxylic acids is 1. The molecular formula is C35H37ClN4O3Si. The number of hydrogen-bond acceptors (Lipinski definition) is 4. The van der Waals surface area contributed by atoms with Crippen molar-refractivity contribution < 1.29 is 9.22 Å². The zero-order valence-electron chi connectivity index (χ0n) is 25.6. The van der Waals surface area contributed by atoms with Crippen molar-refractivity contribution in [1.82, 2.24) is 14.9 Å². The summed E-state index contributed by atoms with van der Waals surface area (Å²) in [4.78, 5) is 31.6. The summed E-state index contributed by atoms with van der Waals surface area (Å²) in [6.45, 7) is 10.9. The highest BCUT2D eigenvalue weighted by molar-refractivity contribution is 6.99. The van der Waals surface area contributed by atoms with Crippen molar-refractivity contribution in [2.75, 3.05) is 11.9 Å². The molecule has 44 heavy (non-hydrogen) atoms. The summed E-state index contributed by atoms with van der Waals surface area (Å²) in [5.74, 6) is 0.438. The molecule has 1 unspecified atom stereocenters. The van der Waals surface area contributed by atoms with Crippen LogP contribution in [0.1, 0.15) is 46.5 Å². The summed E-state index contributed by atoms with van der Waals surface area (Å²) >= 11 is 6.57. The van der Waals surface area contributed by atoms with E-state index in [9.17, 15) is 9.59 Å². The van der Waals surface area contributed by atoms with Crippen molar-refractivity contribution >= 4 is 52.9 Å². The Bertz CT molecular complexity index is 1800. The number of aromatic nitrogens is 2. The average Bonchev–Trinajstić information content (AvgIpc) is 3.00. The van der Waals surface area contributed by atoms with Crippen LogP contribution in [0.2, 0.25) is 10.1 Å².